The van der Waals surface area contributed by atoms with Gasteiger partial charge in [0.15, 0.2) is 0 Å². The van der Waals surface area contributed by atoms with Gasteiger partial charge in [-0.1, -0.05) is 0 Å². The van der Waals surface area contributed by atoms with Gasteiger partial charge in [0.05, 0.1) is 17.3 Å². The molecule has 1 N–H and O–H groups in total. The summed E-state index contributed by atoms with van der Waals surface area (Å²) in [6.07, 6.45) is 1.74. The van der Waals surface area contributed by atoms with Gasteiger partial charge in [-0.05, 0) is 36.4 Å². The van der Waals surface area contributed by atoms with Crippen LogP contribution in [0.15, 0.2) is 42.6 Å². The van der Waals surface area contributed by atoms with Crippen molar-refractivity contribution in [2.45, 2.75) is 6.61 Å². The second-order valence-electron chi connectivity index (χ2n) is 3.71. The van der Waals surface area contributed by atoms with Crippen molar-refractivity contribution in [1.29, 1.82) is 5.26 Å². The Kier molecular flexibility index (Phi) is 3.77. The van der Waals surface area contributed by atoms with Crippen LogP contribution in [0.1, 0.15) is 11.3 Å². The zero-order valence-corrected chi connectivity index (χ0v) is 10.1. The summed E-state index contributed by atoms with van der Waals surface area (Å²) < 4.78 is 5.59. The minimum atomic E-state index is 0.404. The van der Waals surface area contributed by atoms with Crippen LogP contribution >= 0.6 is 0 Å². The van der Waals surface area contributed by atoms with Gasteiger partial charge in [-0.2, -0.15) is 5.26 Å². The molecule has 0 aliphatic heterocycles. The highest BCUT2D eigenvalue weighted by atomic mass is 16.5. The maximum atomic E-state index is 8.69. The van der Waals surface area contributed by atoms with Crippen molar-refractivity contribution in [3.63, 3.8) is 0 Å². The van der Waals surface area contributed by atoms with E-state index in [1.807, 2.05) is 19.2 Å². The number of aromatic nitrogens is 1. The fourth-order valence-electron chi connectivity index (χ4n) is 1.50. The van der Waals surface area contributed by atoms with Gasteiger partial charge in [0.25, 0.3) is 0 Å². The number of benzene rings is 1. The van der Waals surface area contributed by atoms with Crippen LogP contribution in [0.4, 0.5) is 5.69 Å². The fourth-order valence-corrected chi connectivity index (χ4v) is 1.50. The Morgan fingerprint density at radius 1 is 1.28 bits per heavy atom. The summed E-state index contributed by atoms with van der Waals surface area (Å²) in [6.45, 7) is 0.404. The number of hydrogen-bond donors (Lipinski definition) is 1. The summed E-state index contributed by atoms with van der Waals surface area (Å²) in [6, 6.07) is 12.9. The Bertz CT molecular complexity index is 558. The summed E-state index contributed by atoms with van der Waals surface area (Å²) >= 11 is 0. The molecule has 1 aromatic carbocycles. The Hall–Kier alpha value is -2.54. The van der Waals surface area contributed by atoms with E-state index >= 15 is 0 Å². The van der Waals surface area contributed by atoms with Crippen molar-refractivity contribution in [1.82, 2.24) is 4.98 Å². The molecule has 0 fully saturated rings. The molecule has 1 aromatic heterocycles. The third-order valence-corrected chi connectivity index (χ3v) is 2.48. The van der Waals surface area contributed by atoms with Gasteiger partial charge in [-0.3, -0.25) is 4.98 Å². The largest absolute Gasteiger partial charge is 0.487 e. The van der Waals surface area contributed by atoms with E-state index in [0.717, 1.165) is 17.1 Å². The summed E-state index contributed by atoms with van der Waals surface area (Å²) in [4.78, 5) is 4.22. The molecule has 4 nitrogen and oxygen atoms in total. The topological polar surface area (TPSA) is 57.9 Å². The SMILES string of the molecule is CNc1ccnc(COc2ccc(C#N)cc2)c1. The molecular formula is C14H13N3O. The lowest BCUT2D eigenvalue weighted by molar-refractivity contribution is 0.301. The van der Waals surface area contributed by atoms with E-state index < -0.39 is 0 Å². The third kappa shape index (κ3) is 2.98. The molecule has 0 radical (unpaired) electrons. The molecule has 4 heteroatoms. The average Bonchev–Trinajstić information content (AvgIpc) is 2.46. The van der Waals surface area contributed by atoms with Crippen molar-refractivity contribution in [2.75, 3.05) is 12.4 Å². The predicted octanol–water partition coefficient (Wildman–Crippen LogP) is 2.57. The van der Waals surface area contributed by atoms with Crippen molar-refractivity contribution in [3.05, 3.63) is 53.9 Å². The minimum Gasteiger partial charge on any atom is -0.487 e. The molecule has 0 aliphatic carbocycles. The van der Waals surface area contributed by atoms with E-state index in [2.05, 4.69) is 16.4 Å². The third-order valence-electron chi connectivity index (χ3n) is 2.48. The molecule has 18 heavy (non-hydrogen) atoms. The molecule has 0 spiro atoms. The number of pyridine rings is 1. The first kappa shape index (κ1) is 11.9. The quantitative estimate of drug-likeness (QED) is 0.890. The van der Waals surface area contributed by atoms with Crippen LogP contribution in [-0.4, -0.2) is 12.0 Å². The van der Waals surface area contributed by atoms with Gasteiger partial charge >= 0.3 is 0 Å². The lowest BCUT2D eigenvalue weighted by atomic mass is 10.2. The van der Waals surface area contributed by atoms with Gasteiger partial charge < -0.3 is 10.1 Å². The maximum absolute atomic E-state index is 8.69. The molecule has 0 bridgehead atoms. The number of ether oxygens (including phenoxy) is 1. The summed E-state index contributed by atoms with van der Waals surface area (Å²) in [7, 11) is 1.86. The summed E-state index contributed by atoms with van der Waals surface area (Å²) in [5, 5.41) is 11.7. The van der Waals surface area contributed by atoms with Gasteiger partial charge in [-0.15, -0.1) is 0 Å². The van der Waals surface area contributed by atoms with Crippen LogP contribution in [0.3, 0.4) is 0 Å². The lowest BCUT2D eigenvalue weighted by Gasteiger charge is -2.07. The molecule has 0 atom stereocenters. The highest BCUT2D eigenvalue weighted by molar-refractivity contribution is 5.42. The molecule has 90 valence electrons. The van der Waals surface area contributed by atoms with Crippen LogP contribution in [0, 0.1) is 11.3 Å². The number of nitriles is 1. The highest BCUT2D eigenvalue weighted by Crippen LogP contribution is 2.14. The summed E-state index contributed by atoms with van der Waals surface area (Å²) in [5.74, 6) is 0.727. The Balaban J connectivity index is 2.00. The van der Waals surface area contributed by atoms with Gasteiger partial charge in [0.1, 0.15) is 12.4 Å². The van der Waals surface area contributed by atoms with Crippen molar-refractivity contribution in [3.8, 4) is 11.8 Å². The lowest BCUT2D eigenvalue weighted by Crippen LogP contribution is -1.99. The fraction of sp³-hybridized carbons (Fsp3) is 0.143. The van der Waals surface area contributed by atoms with E-state index in [1.54, 1.807) is 30.5 Å². The second-order valence-corrected chi connectivity index (χ2v) is 3.71. The number of hydrogen-bond acceptors (Lipinski definition) is 4. The van der Waals surface area contributed by atoms with Crippen molar-refractivity contribution >= 4 is 5.69 Å². The predicted molar refractivity (Wildman–Crippen MR) is 69.3 cm³/mol. The van der Waals surface area contributed by atoms with Gasteiger partial charge in [-0.25, -0.2) is 0 Å². The van der Waals surface area contributed by atoms with Gasteiger partial charge in [0, 0.05) is 18.9 Å². The molecule has 2 rings (SSSR count). The molecule has 0 unspecified atom stereocenters. The van der Waals surface area contributed by atoms with E-state index in [-0.39, 0.29) is 0 Å². The Labute approximate surface area is 106 Å². The standard InChI is InChI=1S/C14H13N3O/c1-16-12-6-7-17-13(8-12)10-18-14-4-2-11(9-15)3-5-14/h2-8H,10H2,1H3,(H,16,17). The smallest absolute Gasteiger partial charge is 0.130 e. The van der Waals surface area contributed by atoms with E-state index in [9.17, 15) is 0 Å². The maximum Gasteiger partial charge on any atom is 0.130 e. The Morgan fingerprint density at radius 2 is 2.06 bits per heavy atom. The first-order valence-electron chi connectivity index (χ1n) is 5.57. The minimum absolute atomic E-state index is 0.404. The molecule has 1 heterocycles. The summed E-state index contributed by atoms with van der Waals surface area (Å²) in [5.41, 5.74) is 2.48. The number of anilines is 1. The van der Waals surface area contributed by atoms with Crippen molar-refractivity contribution < 1.29 is 4.74 Å². The first-order chi connectivity index (χ1) is 8.81. The Morgan fingerprint density at radius 3 is 2.72 bits per heavy atom. The number of rotatable bonds is 4. The van der Waals surface area contributed by atoms with Crippen LogP contribution in [0.25, 0.3) is 0 Å². The molecule has 0 saturated heterocycles. The van der Waals surface area contributed by atoms with Crippen LogP contribution in [0.5, 0.6) is 5.75 Å². The monoisotopic (exact) mass is 239 g/mol. The second kappa shape index (κ2) is 5.69. The van der Waals surface area contributed by atoms with Crippen molar-refractivity contribution in [2.24, 2.45) is 0 Å². The highest BCUT2D eigenvalue weighted by Gasteiger charge is 1.99. The zero-order chi connectivity index (χ0) is 12.8. The van der Waals surface area contributed by atoms with E-state index in [1.165, 1.54) is 0 Å². The molecule has 2 aromatic rings. The number of nitrogens with one attached hydrogen (secondary N) is 1. The normalized spacial score (nSPS) is 9.56. The van der Waals surface area contributed by atoms with Crippen LogP contribution in [0.2, 0.25) is 0 Å². The molecular weight excluding hydrogens is 226 g/mol. The van der Waals surface area contributed by atoms with E-state index in [4.69, 9.17) is 10.00 Å². The first-order valence-corrected chi connectivity index (χ1v) is 5.57. The van der Waals surface area contributed by atoms with Gasteiger partial charge in [0.2, 0.25) is 0 Å². The number of nitrogens with zero attached hydrogens (tertiary/aromatic N) is 2. The van der Waals surface area contributed by atoms with Crippen LogP contribution in [-0.2, 0) is 6.61 Å². The average molecular weight is 239 g/mol. The molecule has 0 saturated carbocycles. The molecule has 0 aliphatic rings. The molecule has 0 amide bonds. The zero-order valence-electron chi connectivity index (χ0n) is 10.1. The van der Waals surface area contributed by atoms with E-state index in [0.29, 0.717) is 12.2 Å². The van der Waals surface area contributed by atoms with Crippen LogP contribution < -0.4 is 10.1 Å².